The third-order valence-corrected chi connectivity index (χ3v) is 6.71. The lowest BCUT2D eigenvalue weighted by molar-refractivity contribution is -0.125. The molecule has 0 spiro atoms. The molecule has 1 aliphatic rings. The zero-order valence-corrected chi connectivity index (χ0v) is 21.1. The predicted octanol–water partition coefficient (Wildman–Crippen LogP) is 3.68. The number of amides is 3. The Morgan fingerprint density at radius 2 is 1.91 bits per heavy atom. The number of rotatable bonds is 10. The van der Waals surface area contributed by atoms with E-state index in [1.165, 1.54) is 0 Å². The van der Waals surface area contributed by atoms with E-state index in [2.05, 4.69) is 24.5 Å². The Labute approximate surface area is 197 Å². The molecule has 1 heterocycles. The first-order valence-corrected chi connectivity index (χ1v) is 12.9. The van der Waals surface area contributed by atoms with Crippen LogP contribution in [0.1, 0.15) is 53.0 Å². The van der Waals surface area contributed by atoms with Crippen LogP contribution >= 0.6 is 11.8 Å². The molecule has 3 N–H and O–H groups in total. The van der Waals surface area contributed by atoms with Crippen molar-refractivity contribution >= 4 is 23.7 Å². The van der Waals surface area contributed by atoms with Crippen molar-refractivity contribution in [1.29, 1.82) is 0 Å². The molecule has 32 heavy (non-hydrogen) atoms. The zero-order valence-electron chi connectivity index (χ0n) is 20.3. The van der Waals surface area contributed by atoms with E-state index in [-0.39, 0.29) is 29.9 Å². The molecule has 0 bridgehead atoms. The largest absolute Gasteiger partial charge is 0.389 e. The lowest BCUT2D eigenvalue weighted by atomic mass is 9.99. The summed E-state index contributed by atoms with van der Waals surface area (Å²) >= 11 is 1.79. The summed E-state index contributed by atoms with van der Waals surface area (Å²) in [4.78, 5) is 27.5. The van der Waals surface area contributed by atoms with E-state index in [1.54, 1.807) is 16.7 Å². The second-order valence-corrected chi connectivity index (χ2v) is 11.4. The van der Waals surface area contributed by atoms with Crippen molar-refractivity contribution in [2.24, 2.45) is 11.8 Å². The van der Waals surface area contributed by atoms with Crippen molar-refractivity contribution in [1.82, 2.24) is 15.5 Å². The first-order valence-electron chi connectivity index (χ1n) is 11.7. The maximum atomic E-state index is 12.9. The Morgan fingerprint density at radius 3 is 2.47 bits per heavy atom. The van der Waals surface area contributed by atoms with Gasteiger partial charge in [-0.1, -0.05) is 44.2 Å². The van der Waals surface area contributed by atoms with Crippen LogP contribution in [0, 0.1) is 11.8 Å². The number of carbonyl (C=O) groups is 2. The van der Waals surface area contributed by atoms with Crippen LogP contribution in [0.4, 0.5) is 4.79 Å². The number of carbonyl (C=O) groups excluding carboxylic acids is 2. The molecule has 1 fully saturated rings. The molecule has 7 heteroatoms. The quantitative estimate of drug-likeness (QED) is 0.494. The summed E-state index contributed by atoms with van der Waals surface area (Å²) in [7, 11) is 0. The number of aliphatic hydroxyl groups is 1. The van der Waals surface area contributed by atoms with Crippen LogP contribution in [0.3, 0.4) is 0 Å². The SMILES string of the molecule is CC(C)CCN(C[C@@H](O)[C@H](Cc1ccccc1)NC(=O)[C@@H]1CCSC1)C(=O)NC(C)(C)C. The van der Waals surface area contributed by atoms with Gasteiger partial charge >= 0.3 is 6.03 Å². The lowest BCUT2D eigenvalue weighted by Gasteiger charge is -2.33. The van der Waals surface area contributed by atoms with E-state index in [1.807, 2.05) is 51.1 Å². The number of aliphatic hydroxyl groups excluding tert-OH is 1. The van der Waals surface area contributed by atoms with Gasteiger partial charge in [0.1, 0.15) is 0 Å². The van der Waals surface area contributed by atoms with Gasteiger partial charge in [0.2, 0.25) is 5.91 Å². The molecule has 1 aliphatic heterocycles. The highest BCUT2D eigenvalue weighted by molar-refractivity contribution is 7.99. The Hall–Kier alpha value is -1.73. The Morgan fingerprint density at radius 1 is 1.22 bits per heavy atom. The first kappa shape index (κ1) is 26.5. The highest BCUT2D eigenvalue weighted by atomic mass is 32.2. The van der Waals surface area contributed by atoms with E-state index < -0.39 is 12.1 Å². The predicted molar refractivity (Wildman–Crippen MR) is 133 cm³/mol. The Kier molecular flexibility index (Phi) is 10.4. The Bertz CT molecular complexity index is 715. The van der Waals surface area contributed by atoms with Gasteiger partial charge in [-0.2, -0.15) is 11.8 Å². The van der Waals surface area contributed by atoms with Gasteiger partial charge < -0.3 is 20.6 Å². The summed E-state index contributed by atoms with van der Waals surface area (Å²) in [5.41, 5.74) is 0.682. The van der Waals surface area contributed by atoms with Crippen LogP contribution in [0.5, 0.6) is 0 Å². The van der Waals surface area contributed by atoms with E-state index >= 15 is 0 Å². The number of thioether (sulfide) groups is 1. The summed E-state index contributed by atoms with van der Waals surface area (Å²) in [6, 6.07) is 9.22. The number of urea groups is 1. The van der Waals surface area contributed by atoms with Crippen LogP contribution in [0.15, 0.2) is 30.3 Å². The average Bonchev–Trinajstić information content (AvgIpc) is 3.24. The van der Waals surface area contributed by atoms with E-state index in [0.29, 0.717) is 18.9 Å². The first-order chi connectivity index (χ1) is 15.0. The van der Waals surface area contributed by atoms with Crippen LogP contribution in [0.25, 0.3) is 0 Å². The van der Waals surface area contributed by atoms with Crippen molar-refractivity contribution in [3.05, 3.63) is 35.9 Å². The smallest absolute Gasteiger partial charge is 0.317 e. The summed E-state index contributed by atoms with van der Waals surface area (Å²) in [6.07, 6.45) is 1.37. The van der Waals surface area contributed by atoms with Crippen molar-refractivity contribution in [2.45, 2.75) is 71.6 Å². The maximum absolute atomic E-state index is 12.9. The molecule has 0 unspecified atom stereocenters. The average molecular weight is 464 g/mol. The van der Waals surface area contributed by atoms with Gasteiger partial charge in [0.15, 0.2) is 0 Å². The summed E-state index contributed by atoms with van der Waals surface area (Å²) in [6.45, 7) is 10.8. The molecule has 1 aromatic carbocycles. The van der Waals surface area contributed by atoms with Crippen LogP contribution < -0.4 is 10.6 Å². The topological polar surface area (TPSA) is 81.7 Å². The molecular formula is C25H41N3O3S. The number of nitrogens with one attached hydrogen (secondary N) is 2. The third-order valence-electron chi connectivity index (χ3n) is 5.54. The lowest BCUT2D eigenvalue weighted by Crippen LogP contribution is -2.55. The van der Waals surface area contributed by atoms with Crippen LogP contribution in [-0.4, -0.2) is 64.2 Å². The van der Waals surface area contributed by atoms with E-state index in [0.717, 1.165) is 29.9 Å². The molecule has 0 aliphatic carbocycles. The Balaban J connectivity index is 2.14. The molecule has 1 aromatic rings. The summed E-state index contributed by atoms with van der Waals surface area (Å²) < 4.78 is 0. The second-order valence-electron chi connectivity index (χ2n) is 10.2. The van der Waals surface area contributed by atoms with E-state index in [9.17, 15) is 14.7 Å². The molecule has 3 atom stereocenters. The van der Waals surface area contributed by atoms with Gasteiger partial charge in [0.25, 0.3) is 0 Å². The second kappa shape index (κ2) is 12.5. The van der Waals surface area contributed by atoms with Crippen molar-refractivity contribution in [2.75, 3.05) is 24.6 Å². The van der Waals surface area contributed by atoms with Crippen LogP contribution in [-0.2, 0) is 11.2 Å². The summed E-state index contributed by atoms with van der Waals surface area (Å²) in [5.74, 6) is 2.26. The molecule has 3 amide bonds. The normalized spacial score (nSPS) is 18.3. The molecule has 0 saturated carbocycles. The standard InChI is InChI=1S/C25H41N3O3S/c1-18(2)11-13-28(24(31)27-25(3,4)5)16-22(29)21(15-19-9-7-6-8-10-19)26-23(30)20-12-14-32-17-20/h6-10,18,20-22,29H,11-17H2,1-5H3,(H,26,30)(H,27,31)/t20-,21+,22-/m1/s1. The minimum absolute atomic E-state index is 0.00264. The van der Waals surface area contributed by atoms with Crippen molar-refractivity contribution in [3.63, 3.8) is 0 Å². The minimum atomic E-state index is -0.869. The molecule has 180 valence electrons. The minimum Gasteiger partial charge on any atom is -0.389 e. The van der Waals surface area contributed by atoms with Gasteiger partial charge in [-0.25, -0.2) is 4.79 Å². The van der Waals surface area contributed by atoms with Gasteiger partial charge in [-0.05, 0) is 57.3 Å². The van der Waals surface area contributed by atoms with Gasteiger partial charge in [-0.15, -0.1) is 0 Å². The molecule has 6 nitrogen and oxygen atoms in total. The fourth-order valence-electron chi connectivity index (χ4n) is 3.64. The number of benzene rings is 1. The van der Waals surface area contributed by atoms with Crippen molar-refractivity contribution < 1.29 is 14.7 Å². The van der Waals surface area contributed by atoms with Gasteiger partial charge in [-0.3, -0.25) is 4.79 Å². The third kappa shape index (κ3) is 9.41. The van der Waals surface area contributed by atoms with Crippen molar-refractivity contribution in [3.8, 4) is 0 Å². The highest BCUT2D eigenvalue weighted by Gasteiger charge is 2.30. The highest BCUT2D eigenvalue weighted by Crippen LogP contribution is 2.24. The zero-order chi connectivity index (χ0) is 23.7. The number of hydrogen-bond donors (Lipinski definition) is 3. The van der Waals surface area contributed by atoms with Gasteiger partial charge in [0, 0.05) is 23.8 Å². The number of nitrogens with zero attached hydrogens (tertiary/aromatic N) is 1. The monoisotopic (exact) mass is 463 g/mol. The maximum Gasteiger partial charge on any atom is 0.317 e. The van der Waals surface area contributed by atoms with Crippen LogP contribution in [0.2, 0.25) is 0 Å². The molecule has 2 rings (SSSR count). The fourth-order valence-corrected chi connectivity index (χ4v) is 4.86. The molecule has 0 radical (unpaired) electrons. The summed E-state index contributed by atoms with van der Waals surface area (Å²) in [5, 5.41) is 17.3. The number of hydrogen-bond acceptors (Lipinski definition) is 4. The molecule has 0 aromatic heterocycles. The van der Waals surface area contributed by atoms with Gasteiger partial charge in [0.05, 0.1) is 18.7 Å². The van der Waals surface area contributed by atoms with E-state index in [4.69, 9.17) is 0 Å². The molecular weight excluding hydrogens is 422 g/mol. The molecule has 1 saturated heterocycles. The fraction of sp³-hybridized carbons (Fsp3) is 0.680.